The number of alkyl halides is 3. The van der Waals surface area contributed by atoms with Gasteiger partial charge in [-0.15, -0.1) is 0 Å². The lowest BCUT2D eigenvalue weighted by Crippen LogP contribution is -2.49. The topological polar surface area (TPSA) is 61.4 Å². The number of carbonyl (C=O) groups is 2. The number of amides is 2. The molecular formula is C31H40F3N3O2. The molecule has 2 N–H and O–H groups in total. The van der Waals surface area contributed by atoms with Crippen LogP contribution in [0.3, 0.4) is 0 Å². The van der Waals surface area contributed by atoms with Crippen LogP contribution in [0.1, 0.15) is 74.0 Å². The Bertz CT molecular complexity index is 1090. The SMILES string of the molecule is Cc1cccc(C(F)(F)F)c1.O=CNCC(=O)N1CCC2(CCCC2NC2CCC(c3ccccc3)CC2)C1. The zero-order valence-corrected chi connectivity index (χ0v) is 22.7. The first-order chi connectivity index (χ1) is 18.7. The molecule has 5 nitrogen and oxygen atoms in total. The summed E-state index contributed by atoms with van der Waals surface area (Å²) in [6, 6.07) is 17.3. The van der Waals surface area contributed by atoms with Crippen LogP contribution < -0.4 is 10.6 Å². The second-order valence-electron chi connectivity index (χ2n) is 11.4. The number of carbonyl (C=O) groups excluding carboxylic acids is 2. The van der Waals surface area contributed by atoms with E-state index >= 15 is 0 Å². The van der Waals surface area contributed by atoms with Crippen molar-refractivity contribution in [3.8, 4) is 0 Å². The minimum Gasteiger partial charge on any atom is -0.350 e. The first-order valence-corrected chi connectivity index (χ1v) is 14.1. The van der Waals surface area contributed by atoms with E-state index in [9.17, 15) is 22.8 Å². The lowest BCUT2D eigenvalue weighted by molar-refractivity contribution is -0.137. The van der Waals surface area contributed by atoms with Crippen LogP contribution in [0.4, 0.5) is 13.2 Å². The van der Waals surface area contributed by atoms with Crippen molar-refractivity contribution in [1.29, 1.82) is 0 Å². The van der Waals surface area contributed by atoms with Crippen LogP contribution in [-0.4, -0.2) is 48.9 Å². The minimum absolute atomic E-state index is 0.0537. The van der Waals surface area contributed by atoms with Gasteiger partial charge in [-0.2, -0.15) is 13.2 Å². The maximum atomic E-state index is 12.3. The summed E-state index contributed by atoms with van der Waals surface area (Å²) in [6.45, 7) is 3.44. The number of benzene rings is 2. The lowest BCUT2D eigenvalue weighted by atomic mass is 9.78. The van der Waals surface area contributed by atoms with Crippen molar-refractivity contribution in [3.05, 3.63) is 71.3 Å². The molecule has 39 heavy (non-hydrogen) atoms. The van der Waals surface area contributed by atoms with Crippen molar-refractivity contribution in [3.63, 3.8) is 0 Å². The summed E-state index contributed by atoms with van der Waals surface area (Å²) >= 11 is 0. The Morgan fingerprint density at radius 2 is 1.77 bits per heavy atom. The summed E-state index contributed by atoms with van der Waals surface area (Å²) < 4.78 is 35.9. The number of nitrogens with one attached hydrogen (secondary N) is 2. The third-order valence-electron chi connectivity index (χ3n) is 8.76. The predicted octanol–water partition coefficient (Wildman–Crippen LogP) is 5.83. The van der Waals surface area contributed by atoms with E-state index in [0.29, 0.717) is 30.0 Å². The van der Waals surface area contributed by atoms with Gasteiger partial charge in [0.15, 0.2) is 0 Å². The third kappa shape index (κ3) is 7.62. The number of halogens is 3. The predicted molar refractivity (Wildman–Crippen MR) is 146 cm³/mol. The summed E-state index contributed by atoms with van der Waals surface area (Å²) in [6.07, 6.45) is 6.22. The van der Waals surface area contributed by atoms with Gasteiger partial charge in [0.2, 0.25) is 12.3 Å². The van der Waals surface area contributed by atoms with Gasteiger partial charge in [0, 0.05) is 30.6 Å². The molecule has 2 aromatic rings. The smallest absolute Gasteiger partial charge is 0.350 e. The third-order valence-corrected chi connectivity index (χ3v) is 8.76. The van der Waals surface area contributed by atoms with Crippen molar-refractivity contribution in [2.45, 2.75) is 82.5 Å². The van der Waals surface area contributed by atoms with E-state index in [1.165, 1.54) is 56.6 Å². The molecule has 8 heteroatoms. The van der Waals surface area contributed by atoms with E-state index in [4.69, 9.17) is 0 Å². The minimum atomic E-state index is -4.22. The molecule has 1 spiro atoms. The van der Waals surface area contributed by atoms with Crippen molar-refractivity contribution < 1.29 is 22.8 Å². The average Bonchev–Trinajstić information content (AvgIpc) is 3.55. The molecule has 212 valence electrons. The van der Waals surface area contributed by atoms with E-state index in [-0.39, 0.29) is 17.9 Å². The zero-order valence-electron chi connectivity index (χ0n) is 22.7. The molecule has 3 aliphatic rings. The normalized spacial score (nSPS) is 26.7. The number of hydrogen-bond donors (Lipinski definition) is 2. The highest BCUT2D eigenvalue weighted by Crippen LogP contribution is 2.46. The lowest BCUT2D eigenvalue weighted by Gasteiger charge is -2.37. The molecule has 0 bridgehead atoms. The van der Waals surface area contributed by atoms with Crippen molar-refractivity contribution in [2.24, 2.45) is 5.41 Å². The Kier molecular flexibility index (Phi) is 9.70. The molecule has 3 fully saturated rings. The summed E-state index contributed by atoms with van der Waals surface area (Å²) in [5.74, 6) is 0.764. The van der Waals surface area contributed by atoms with Gasteiger partial charge in [0.05, 0.1) is 12.1 Å². The van der Waals surface area contributed by atoms with Gasteiger partial charge in [0.1, 0.15) is 0 Å². The number of likely N-dealkylation sites (tertiary alicyclic amines) is 1. The molecule has 0 aromatic heterocycles. The van der Waals surface area contributed by atoms with Crippen LogP contribution in [0, 0.1) is 12.3 Å². The second-order valence-corrected chi connectivity index (χ2v) is 11.4. The highest BCUT2D eigenvalue weighted by molar-refractivity contribution is 5.80. The Hall–Kier alpha value is -2.87. The molecule has 1 heterocycles. The van der Waals surface area contributed by atoms with Gasteiger partial charge in [-0.25, -0.2) is 0 Å². The summed E-state index contributed by atoms with van der Waals surface area (Å²) in [5, 5.41) is 6.53. The second kappa shape index (κ2) is 13.0. The van der Waals surface area contributed by atoms with Crippen LogP contribution in [0.25, 0.3) is 0 Å². The molecule has 1 saturated heterocycles. The van der Waals surface area contributed by atoms with Crippen molar-refractivity contribution >= 4 is 12.3 Å². The molecule has 2 amide bonds. The van der Waals surface area contributed by atoms with Crippen LogP contribution >= 0.6 is 0 Å². The van der Waals surface area contributed by atoms with Crippen LogP contribution in [0.15, 0.2) is 54.6 Å². The Morgan fingerprint density at radius 3 is 2.41 bits per heavy atom. The Labute approximate surface area is 229 Å². The summed E-state index contributed by atoms with van der Waals surface area (Å²) in [5.41, 5.74) is 1.78. The molecule has 2 aromatic carbocycles. The maximum absolute atomic E-state index is 12.3. The fourth-order valence-corrected chi connectivity index (χ4v) is 6.66. The van der Waals surface area contributed by atoms with E-state index in [0.717, 1.165) is 31.6 Å². The first-order valence-electron chi connectivity index (χ1n) is 14.1. The largest absolute Gasteiger partial charge is 0.416 e. The highest BCUT2D eigenvalue weighted by atomic mass is 19.4. The molecule has 2 aliphatic carbocycles. The fraction of sp³-hybridized carbons (Fsp3) is 0.548. The van der Waals surface area contributed by atoms with Crippen LogP contribution in [0.2, 0.25) is 0 Å². The van der Waals surface area contributed by atoms with E-state index in [1.54, 1.807) is 13.0 Å². The molecule has 2 atom stereocenters. The van der Waals surface area contributed by atoms with Crippen LogP contribution in [0.5, 0.6) is 0 Å². The molecule has 2 unspecified atom stereocenters. The van der Waals surface area contributed by atoms with Gasteiger partial charge in [-0.1, -0.05) is 60.5 Å². The van der Waals surface area contributed by atoms with Crippen molar-refractivity contribution in [2.75, 3.05) is 19.6 Å². The fourth-order valence-electron chi connectivity index (χ4n) is 6.66. The maximum Gasteiger partial charge on any atom is 0.416 e. The molecule has 2 saturated carbocycles. The zero-order chi connectivity index (χ0) is 27.9. The average molecular weight is 544 g/mol. The summed E-state index contributed by atoms with van der Waals surface area (Å²) in [7, 11) is 0. The van der Waals surface area contributed by atoms with Gasteiger partial charge in [-0.3, -0.25) is 9.59 Å². The van der Waals surface area contributed by atoms with Gasteiger partial charge < -0.3 is 15.5 Å². The monoisotopic (exact) mass is 543 g/mol. The molecule has 5 rings (SSSR count). The Balaban J connectivity index is 0.000000270. The van der Waals surface area contributed by atoms with Gasteiger partial charge >= 0.3 is 6.18 Å². The molecule has 1 aliphatic heterocycles. The summed E-state index contributed by atoms with van der Waals surface area (Å²) in [4.78, 5) is 24.7. The number of rotatable bonds is 6. The molecule has 0 radical (unpaired) electrons. The Morgan fingerprint density at radius 1 is 1.03 bits per heavy atom. The first kappa shape index (κ1) is 29.1. The number of hydrogen-bond acceptors (Lipinski definition) is 3. The number of nitrogens with zero attached hydrogens (tertiary/aromatic N) is 1. The van der Waals surface area contributed by atoms with Gasteiger partial charge in [-0.05, 0) is 69.4 Å². The van der Waals surface area contributed by atoms with Crippen LogP contribution in [-0.2, 0) is 15.8 Å². The standard InChI is InChI=1S/C23H33N3O2.C8H7F3/c27-17-24-15-22(28)26-14-13-23(16-26)12-4-7-21(23)25-20-10-8-19(9-11-20)18-5-2-1-3-6-18;1-6-3-2-4-7(5-6)8(9,10)11/h1-3,5-6,17,19-21,25H,4,7-16H2,(H,24,27);2-5H,1H3. The number of aryl methyl sites for hydroxylation is 1. The highest BCUT2D eigenvalue weighted by Gasteiger charge is 2.48. The van der Waals surface area contributed by atoms with E-state index < -0.39 is 11.7 Å². The van der Waals surface area contributed by atoms with Gasteiger partial charge in [0.25, 0.3) is 0 Å². The van der Waals surface area contributed by atoms with E-state index in [1.807, 2.05) is 4.90 Å². The van der Waals surface area contributed by atoms with Crippen molar-refractivity contribution in [1.82, 2.24) is 15.5 Å². The quantitative estimate of drug-likeness (QED) is 0.451. The van der Waals surface area contributed by atoms with E-state index in [2.05, 4.69) is 41.0 Å². The molecular weight excluding hydrogens is 503 g/mol.